The van der Waals surface area contributed by atoms with Crippen LogP contribution < -0.4 is 10.6 Å². The number of amides is 2. The van der Waals surface area contributed by atoms with E-state index in [1.54, 1.807) is 24.3 Å². The summed E-state index contributed by atoms with van der Waals surface area (Å²) in [6.07, 6.45) is 5.78. The van der Waals surface area contributed by atoms with Crippen LogP contribution in [0.3, 0.4) is 0 Å². The molecule has 2 amide bonds. The van der Waals surface area contributed by atoms with Gasteiger partial charge in [0.25, 0.3) is 11.8 Å². The highest BCUT2D eigenvalue weighted by Gasteiger charge is 2.34. The minimum Gasteiger partial charge on any atom is -0.459 e. The van der Waals surface area contributed by atoms with Crippen molar-refractivity contribution in [3.8, 4) is 6.07 Å². The fourth-order valence-corrected chi connectivity index (χ4v) is 3.60. The van der Waals surface area contributed by atoms with Crippen LogP contribution in [0.2, 0.25) is 0 Å². The number of rotatable bonds is 4. The van der Waals surface area contributed by atoms with Crippen molar-refractivity contribution in [2.45, 2.75) is 37.6 Å². The summed E-state index contributed by atoms with van der Waals surface area (Å²) in [5, 5.41) is 15.5. The van der Waals surface area contributed by atoms with Gasteiger partial charge < -0.3 is 15.1 Å². The van der Waals surface area contributed by atoms with Gasteiger partial charge in [-0.2, -0.15) is 5.26 Å². The van der Waals surface area contributed by atoms with Crippen molar-refractivity contribution in [1.29, 1.82) is 5.26 Å². The molecule has 1 aliphatic rings. The van der Waals surface area contributed by atoms with E-state index in [4.69, 9.17) is 4.42 Å². The van der Waals surface area contributed by atoms with Gasteiger partial charge in [-0.05, 0) is 37.1 Å². The van der Waals surface area contributed by atoms with Crippen molar-refractivity contribution in [1.82, 2.24) is 5.32 Å². The second-order valence-electron chi connectivity index (χ2n) is 5.80. The van der Waals surface area contributed by atoms with Crippen molar-refractivity contribution in [3.63, 3.8) is 0 Å². The highest BCUT2D eigenvalue weighted by Crippen LogP contribution is 2.29. The number of nitrogens with zero attached hydrogens (tertiary/aromatic N) is 1. The number of carbonyl (C=O) groups is 2. The first kappa shape index (κ1) is 16.3. The second-order valence-corrected chi connectivity index (χ2v) is 6.89. The van der Waals surface area contributed by atoms with Crippen LogP contribution in [-0.2, 0) is 0 Å². The predicted octanol–water partition coefficient (Wildman–Crippen LogP) is 3.55. The van der Waals surface area contributed by atoms with Gasteiger partial charge in [0.1, 0.15) is 5.54 Å². The maximum atomic E-state index is 12.4. The molecule has 2 heterocycles. The maximum absolute atomic E-state index is 12.4. The van der Waals surface area contributed by atoms with Gasteiger partial charge in [-0.3, -0.25) is 9.59 Å². The molecule has 1 saturated carbocycles. The van der Waals surface area contributed by atoms with Crippen LogP contribution in [0.15, 0.2) is 34.9 Å². The summed E-state index contributed by atoms with van der Waals surface area (Å²) in [5.74, 6) is -0.434. The molecule has 0 unspecified atom stereocenters. The van der Waals surface area contributed by atoms with E-state index in [0.717, 1.165) is 19.3 Å². The monoisotopic (exact) mass is 343 g/mol. The summed E-state index contributed by atoms with van der Waals surface area (Å²) >= 11 is 1.17. The van der Waals surface area contributed by atoms with Crippen molar-refractivity contribution in [2.24, 2.45) is 0 Å². The summed E-state index contributed by atoms with van der Waals surface area (Å²) in [5.41, 5.74) is -0.767. The number of furan rings is 1. The molecule has 0 saturated heterocycles. The van der Waals surface area contributed by atoms with Crippen LogP contribution in [0.5, 0.6) is 0 Å². The van der Waals surface area contributed by atoms with E-state index in [0.29, 0.717) is 22.7 Å². The van der Waals surface area contributed by atoms with E-state index < -0.39 is 5.54 Å². The van der Waals surface area contributed by atoms with Crippen LogP contribution in [0.1, 0.15) is 52.3 Å². The van der Waals surface area contributed by atoms with Crippen LogP contribution in [0.25, 0.3) is 0 Å². The quantitative estimate of drug-likeness (QED) is 0.887. The van der Waals surface area contributed by atoms with Gasteiger partial charge in [0.15, 0.2) is 5.76 Å². The highest BCUT2D eigenvalue weighted by atomic mass is 32.1. The molecule has 2 N–H and O–H groups in total. The van der Waals surface area contributed by atoms with Gasteiger partial charge in [0, 0.05) is 0 Å². The molecule has 0 spiro atoms. The Morgan fingerprint density at radius 1 is 1.17 bits per heavy atom. The molecule has 6 nitrogen and oxygen atoms in total. The molecule has 0 bridgehead atoms. The van der Waals surface area contributed by atoms with E-state index in [1.807, 2.05) is 0 Å². The average Bonchev–Trinajstić information content (AvgIpc) is 3.27. The molecule has 2 aromatic heterocycles. The maximum Gasteiger partial charge on any atom is 0.291 e. The van der Waals surface area contributed by atoms with Gasteiger partial charge >= 0.3 is 0 Å². The first-order valence-electron chi connectivity index (χ1n) is 7.80. The zero-order valence-corrected chi connectivity index (χ0v) is 13.8. The Morgan fingerprint density at radius 2 is 1.96 bits per heavy atom. The van der Waals surface area contributed by atoms with Crippen molar-refractivity contribution < 1.29 is 14.0 Å². The minimum absolute atomic E-state index is 0.208. The van der Waals surface area contributed by atoms with Gasteiger partial charge in [-0.25, -0.2) is 0 Å². The number of carbonyl (C=O) groups excluding carboxylic acids is 2. The topological polar surface area (TPSA) is 95.1 Å². The largest absolute Gasteiger partial charge is 0.459 e. The molecule has 24 heavy (non-hydrogen) atoms. The molecule has 3 rings (SSSR count). The van der Waals surface area contributed by atoms with Crippen LogP contribution in [0, 0.1) is 11.3 Å². The third kappa shape index (κ3) is 3.49. The molecular weight excluding hydrogens is 326 g/mol. The Morgan fingerprint density at radius 3 is 2.62 bits per heavy atom. The average molecular weight is 343 g/mol. The lowest BCUT2D eigenvalue weighted by Gasteiger charge is -2.31. The zero-order chi connectivity index (χ0) is 17.0. The highest BCUT2D eigenvalue weighted by molar-refractivity contribution is 7.18. The summed E-state index contributed by atoms with van der Waals surface area (Å²) in [7, 11) is 0. The molecule has 0 aromatic carbocycles. The van der Waals surface area contributed by atoms with Gasteiger partial charge in [0.2, 0.25) is 0 Å². The third-order valence-electron chi connectivity index (χ3n) is 4.09. The summed E-state index contributed by atoms with van der Waals surface area (Å²) in [6, 6.07) is 8.78. The fourth-order valence-electron chi connectivity index (χ4n) is 2.81. The Kier molecular flexibility index (Phi) is 4.67. The van der Waals surface area contributed by atoms with Crippen LogP contribution >= 0.6 is 11.3 Å². The molecule has 0 atom stereocenters. The zero-order valence-electron chi connectivity index (χ0n) is 13.0. The van der Waals surface area contributed by atoms with Crippen LogP contribution in [-0.4, -0.2) is 17.4 Å². The van der Waals surface area contributed by atoms with Gasteiger partial charge in [0.05, 0.1) is 22.2 Å². The molecule has 0 aliphatic heterocycles. The van der Waals surface area contributed by atoms with Crippen molar-refractivity contribution >= 4 is 28.2 Å². The fraction of sp³-hybridized carbons (Fsp3) is 0.353. The van der Waals surface area contributed by atoms with E-state index in [2.05, 4.69) is 16.7 Å². The van der Waals surface area contributed by atoms with Gasteiger partial charge in [-0.15, -0.1) is 11.3 Å². The number of hydrogen-bond acceptors (Lipinski definition) is 5. The summed E-state index contributed by atoms with van der Waals surface area (Å²) in [6.45, 7) is 0. The molecule has 0 radical (unpaired) electrons. The van der Waals surface area contributed by atoms with E-state index in [9.17, 15) is 14.9 Å². The Labute approximate surface area is 143 Å². The second kappa shape index (κ2) is 6.89. The van der Waals surface area contributed by atoms with Crippen molar-refractivity contribution in [2.75, 3.05) is 5.32 Å². The Balaban J connectivity index is 1.65. The first-order chi connectivity index (χ1) is 11.6. The van der Waals surface area contributed by atoms with Gasteiger partial charge in [-0.1, -0.05) is 19.3 Å². The summed E-state index contributed by atoms with van der Waals surface area (Å²) in [4.78, 5) is 24.8. The lowest BCUT2D eigenvalue weighted by molar-refractivity contribution is 0.0906. The number of thiophene rings is 1. The van der Waals surface area contributed by atoms with Crippen molar-refractivity contribution in [3.05, 3.63) is 41.2 Å². The number of nitriles is 1. The minimum atomic E-state index is -0.767. The third-order valence-corrected chi connectivity index (χ3v) is 5.08. The molecular formula is C17H17N3O3S. The standard InChI is InChI=1S/C17H17N3O3S/c18-11-17(8-2-1-3-9-17)20-16(22)13-6-7-14(24-13)19-15(21)12-5-4-10-23-12/h4-7,10H,1-3,8-9H2,(H,19,21)(H,20,22). The lowest BCUT2D eigenvalue weighted by atomic mass is 9.83. The van der Waals surface area contributed by atoms with E-state index >= 15 is 0 Å². The molecule has 2 aromatic rings. The SMILES string of the molecule is N#CC1(NC(=O)c2ccc(NC(=O)c3ccco3)s2)CCCCC1. The normalized spacial score (nSPS) is 16.1. The number of anilines is 1. The Bertz CT molecular complexity index is 767. The first-order valence-corrected chi connectivity index (χ1v) is 8.62. The molecule has 1 aliphatic carbocycles. The Hall–Kier alpha value is -2.59. The number of nitrogens with one attached hydrogen (secondary N) is 2. The van der Waals surface area contributed by atoms with E-state index in [-0.39, 0.29) is 17.6 Å². The predicted molar refractivity (Wildman–Crippen MR) is 89.9 cm³/mol. The molecule has 7 heteroatoms. The lowest BCUT2D eigenvalue weighted by Crippen LogP contribution is -2.48. The van der Waals surface area contributed by atoms with E-state index in [1.165, 1.54) is 17.6 Å². The summed E-state index contributed by atoms with van der Waals surface area (Å²) < 4.78 is 5.03. The number of hydrogen-bond donors (Lipinski definition) is 2. The van der Waals surface area contributed by atoms with Crippen LogP contribution in [0.4, 0.5) is 5.00 Å². The molecule has 124 valence electrons. The smallest absolute Gasteiger partial charge is 0.291 e. The molecule has 1 fully saturated rings.